The molecule has 1 saturated heterocycles. The molecule has 0 radical (unpaired) electrons. The highest BCUT2D eigenvalue weighted by molar-refractivity contribution is 5.69. The molecule has 0 amide bonds. The zero-order valence-electron chi connectivity index (χ0n) is 21.0. The number of ether oxygens (including phenoxy) is 1. The summed E-state index contributed by atoms with van der Waals surface area (Å²) in [6.45, 7) is 11.4. The molecule has 0 bridgehead atoms. The molecule has 1 fully saturated rings. The molecule has 1 atom stereocenters. The van der Waals surface area contributed by atoms with Gasteiger partial charge in [0, 0.05) is 32.1 Å². The van der Waals surface area contributed by atoms with Gasteiger partial charge in [-0.25, -0.2) is 13.9 Å². The first-order valence-corrected chi connectivity index (χ1v) is 12.5. The summed E-state index contributed by atoms with van der Waals surface area (Å²) in [5.41, 5.74) is 11.0. The normalized spacial score (nSPS) is 15.3. The highest BCUT2D eigenvalue weighted by Crippen LogP contribution is 2.30. The third-order valence-electron chi connectivity index (χ3n) is 6.96. The van der Waals surface area contributed by atoms with Crippen LogP contribution in [0.25, 0.3) is 5.65 Å². The predicted molar refractivity (Wildman–Crippen MR) is 137 cm³/mol. The van der Waals surface area contributed by atoms with Crippen molar-refractivity contribution in [2.75, 3.05) is 63.2 Å². The fourth-order valence-electron chi connectivity index (χ4n) is 4.89. The van der Waals surface area contributed by atoms with Gasteiger partial charge in [0.05, 0.1) is 36.9 Å². The summed E-state index contributed by atoms with van der Waals surface area (Å²) in [5.74, 6) is 0.641. The van der Waals surface area contributed by atoms with E-state index in [1.807, 2.05) is 23.6 Å². The highest BCUT2D eigenvalue weighted by atomic mass is 19.1. The summed E-state index contributed by atoms with van der Waals surface area (Å²) in [7, 11) is 0. The Bertz CT molecular complexity index is 1140. The Hall–Kier alpha value is -2.75. The summed E-state index contributed by atoms with van der Waals surface area (Å²) < 4.78 is 22.4. The Morgan fingerprint density at radius 1 is 1.26 bits per heavy atom. The van der Waals surface area contributed by atoms with Gasteiger partial charge >= 0.3 is 0 Å². The van der Waals surface area contributed by atoms with Crippen LogP contribution in [-0.4, -0.2) is 77.1 Å². The van der Waals surface area contributed by atoms with E-state index in [9.17, 15) is 5.11 Å². The molecular formula is C26H37FN6O2. The van der Waals surface area contributed by atoms with Crippen LogP contribution < -0.4 is 10.6 Å². The molecule has 3 N–H and O–H groups in total. The molecular weight excluding hydrogens is 447 g/mol. The van der Waals surface area contributed by atoms with Crippen molar-refractivity contribution in [2.24, 2.45) is 0 Å². The largest absolute Gasteiger partial charge is 0.396 e. The average Bonchev–Trinajstić information content (AvgIpc) is 3.17. The van der Waals surface area contributed by atoms with Gasteiger partial charge in [-0.3, -0.25) is 0 Å². The second kappa shape index (κ2) is 11.3. The van der Waals surface area contributed by atoms with Crippen LogP contribution >= 0.6 is 0 Å². The first-order chi connectivity index (χ1) is 16.9. The van der Waals surface area contributed by atoms with Gasteiger partial charge < -0.3 is 25.4 Å². The van der Waals surface area contributed by atoms with Crippen LogP contribution in [-0.2, 0) is 11.2 Å². The van der Waals surface area contributed by atoms with Crippen LogP contribution in [0.15, 0.2) is 24.3 Å². The maximum absolute atomic E-state index is 15.1. The number of aliphatic hydroxyl groups is 1. The quantitative estimate of drug-likeness (QED) is 0.457. The Balaban J connectivity index is 1.65. The third-order valence-corrected chi connectivity index (χ3v) is 6.96. The van der Waals surface area contributed by atoms with Crippen LogP contribution in [0.1, 0.15) is 48.7 Å². The first kappa shape index (κ1) is 25.3. The summed E-state index contributed by atoms with van der Waals surface area (Å²) in [6.07, 6.45) is 1.32. The van der Waals surface area contributed by atoms with E-state index in [0.29, 0.717) is 37.5 Å². The molecule has 4 rings (SSSR count). The molecule has 9 heteroatoms. The van der Waals surface area contributed by atoms with E-state index < -0.39 is 0 Å². The molecule has 190 valence electrons. The van der Waals surface area contributed by atoms with Crippen molar-refractivity contribution in [3.8, 4) is 0 Å². The maximum atomic E-state index is 15.1. The summed E-state index contributed by atoms with van der Waals surface area (Å²) >= 11 is 0. The number of nitrogens with zero attached hydrogens (tertiary/aromatic N) is 5. The predicted octanol–water partition coefficient (Wildman–Crippen LogP) is 2.99. The van der Waals surface area contributed by atoms with Crippen LogP contribution in [0.4, 0.5) is 15.9 Å². The van der Waals surface area contributed by atoms with Crippen LogP contribution in [0.2, 0.25) is 0 Å². The SMILES string of the molecule is CCN(CCO)CCC(C)c1c(F)cccc1Cc1c(C)nc2c(N)cc(N3CCOCC3)nn12. The van der Waals surface area contributed by atoms with E-state index in [-0.39, 0.29) is 18.3 Å². The maximum Gasteiger partial charge on any atom is 0.177 e. The minimum Gasteiger partial charge on any atom is -0.396 e. The number of fused-ring (bicyclic) bond motifs is 1. The number of likely N-dealkylation sites (N-methyl/N-ethyl adjacent to an activating group) is 1. The van der Waals surface area contributed by atoms with Crippen molar-refractivity contribution in [1.29, 1.82) is 0 Å². The number of hydrogen-bond acceptors (Lipinski definition) is 7. The lowest BCUT2D eigenvalue weighted by Gasteiger charge is -2.28. The van der Waals surface area contributed by atoms with Gasteiger partial charge in [0.2, 0.25) is 0 Å². The van der Waals surface area contributed by atoms with Crippen LogP contribution in [0.3, 0.4) is 0 Å². The molecule has 0 spiro atoms. The summed E-state index contributed by atoms with van der Waals surface area (Å²) in [5, 5.41) is 14.2. The Morgan fingerprint density at radius 2 is 2.03 bits per heavy atom. The van der Waals surface area contributed by atoms with Crippen LogP contribution in [0, 0.1) is 12.7 Å². The molecule has 0 aliphatic carbocycles. The number of nitrogens with two attached hydrogens (primary N) is 1. The number of rotatable bonds is 10. The number of hydrogen-bond donors (Lipinski definition) is 2. The smallest absolute Gasteiger partial charge is 0.177 e. The summed E-state index contributed by atoms with van der Waals surface area (Å²) in [4.78, 5) is 9.04. The zero-order chi connectivity index (χ0) is 24.9. The minimum absolute atomic E-state index is 0.0281. The van der Waals surface area contributed by atoms with E-state index in [2.05, 4.69) is 23.6 Å². The molecule has 1 unspecified atom stereocenters. The minimum atomic E-state index is -0.187. The lowest BCUT2D eigenvalue weighted by molar-refractivity contribution is 0.122. The van der Waals surface area contributed by atoms with Gasteiger partial charge in [0.15, 0.2) is 11.5 Å². The van der Waals surface area contributed by atoms with Crippen molar-refractivity contribution in [3.05, 3.63) is 52.6 Å². The number of aromatic nitrogens is 3. The topological polar surface area (TPSA) is 92.1 Å². The second-order valence-corrected chi connectivity index (χ2v) is 9.27. The third kappa shape index (κ3) is 5.58. The molecule has 8 nitrogen and oxygen atoms in total. The molecule has 3 aromatic rings. The first-order valence-electron chi connectivity index (χ1n) is 12.5. The lowest BCUT2D eigenvalue weighted by Crippen LogP contribution is -2.37. The Kier molecular flexibility index (Phi) is 8.20. The molecule has 35 heavy (non-hydrogen) atoms. The molecule has 1 aromatic carbocycles. The van der Waals surface area contributed by atoms with Crippen LogP contribution in [0.5, 0.6) is 0 Å². The number of aliphatic hydroxyl groups excluding tert-OH is 1. The van der Waals surface area contributed by atoms with E-state index >= 15 is 4.39 Å². The molecule has 2 aromatic heterocycles. The number of nitrogen functional groups attached to an aromatic ring is 1. The van der Waals surface area contributed by atoms with E-state index in [0.717, 1.165) is 60.9 Å². The lowest BCUT2D eigenvalue weighted by atomic mass is 9.90. The van der Waals surface area contributed by atoms with Crippen molar-refractivity contribution >= 4 is 17.2 Å². The number of anilines is 2. The highest BCUT2D eigenvalue weighted by Gasteiger charge is 2.22. The van der Waals surface area contributed by atoms with Gasteiger partial charge in [-0.05, 0) is 49.5 Å². The van der Waals surface area contributed by atoms with Gasteiger partial charge in [-0.2, -0.15) is 0 Å². The number of aryl methyl sites for hydroxylation is 1. The van der Waals surface area contributed by atoms with Crippen molar-refractivity contribution in [1.82, 2.24) is 19.5 Å². The fourth-order valence-corrected chi connectivity index (χ4v) is 4.89. The van der Waals surface area contributed by atoms with E-state index in [1.165, 1.54) is 6.07 Å². The van der Waals surface area contributed by atoms with E-state index in [1.54, 1.807) is 6.07 Å². The fraction of sp³-hybridized carbons (Fsp3) is 0.538. The standard InChI is InChI=1S/C26H37FN6O2/c1-4-31(10-13-34)9-8-18(2)25-20(6-5-7-21(25)27)16-23-19(3)29-26-22(28)17-24(30-33(23)26)32-11-14-35-15-12-32/h5-7,17-18,34H,4,8-16,28H2,1-3H3. The molecule has 1 aliphatic rings. The number of imidazole rings is 1. The van der Waals surface area contributed by atoms with Gasteiger partial charge in [-0.15, -0.1) is 5.10 Å². The number of benzene rings is 1. The molecule has 0 saturated carbocycles. The monoisotopic (exact) mass is 484 g/mol. The number of morpholine rings is 1. The van der Waals surface area contributed by atoms with E-state index in [4.69, 9.17) is 20.6 Å². The molecule has 1 aliphatic heterocycles. The average molecular weight is 485 g/mol. The zero-order valence-corrected chi connectivity index (χ0v) is 21.0. The van der Waals surface area contributed by atoms with Crippen molar-refractivity contribution in [3.63, 3.8) is 0 Å². The summed E-state index contributed by atoms with van der Waals surface area (Å²) in [6, 6.07) is 7.17. The van der Waals surface area contributed by atoms with Gasteiger partial charge in [-0.1, -0.05) is 26.0 Å². The van der Waals surface area contributed by atoms with Crippen molar-refractivity contribution in [2.45, 2.75) is 39.5 Å². The Morgan fingerprint density at radius 3 is 2.74 bits per heavy atom. The Labute approximate surface area is 206 Å². The van der Waals surface area contributed by atoms with Crippen molar-refractivity contribution < 1.29 is 14.2 Å². The second-order valence-electron chi connectivity index (χ2n) is 9.27. The van der Waals surface area contributed by atoms with Gasteiger partial charge in [0.1, 0.15) is 5.82 Å². The molecule has 3 heterocycles. The number of halogens is 1. The van der Waals surface area contributed by atoms with Gasteiger partial charge in [0.25, 0.3) is 0 Å².